The molecule has 1 aliphatic carbocycles. The van der Waals surface area contributed by atoms with Crippen LogP contribution in [-0.4, -0.2) is 54.0 Å². The highest BCUT2D eigenvalue weighted by molar-refractivity contribution is 5.85. The summed E-state index contributed by atoms with van der Waals surface area (Å²) in [6, 6.07) is 11.3. The number of benzene rings is 1. The van der Waals surface area contributed by atoms with Crippen LogP contribution in [0.4, 0.5) is 0 Å². The zero-order valence-electron chi connectivity index (χ0n) is 16.7. The molecule has 158 valence electrons. The predicted octanol–water partition coefficient (Wildman–Crippen LogP) is 3.88. The van der Waals surface area contributed by atoms with Gasteiger partial charge in [0.15, 0.2) is 0 Å². The average molecular weight is 428 g/mol. The van der Waals surface area contributed by atoms with E-state index in [1.807, 2.05) is 0 Å². The maximum absolute atomic E-state index is 13.2. The van der Waals surface area contributed by atoms with Crippen molar-refractivity contribution in [3.8, 4) is 0 Å². The van der Waals surface area contributed by atoms with Crippen molar-refractivity contribution in [3.63, 3.8) is 0 Å². The van der Waals surface area contributed by atoms with Gasteiger partial charge in [-0.2, -0.15) is 0 Å². The Bertz CT molecular complexity index is 589. The molecule has 0 spiro atoms. The summed E-state index contributed by atoms with van der Waals surface area (Å²) in [5.74, 6) is 1.31. The summed E-state index contributed by atoms with van der Waals surface area (Å²) in [6.45, 7) is 4.99. The largest absolute Gasteiger partial charge is 0.341 e. The van der Waals surface area contributed by atoms with E-state index in [-0.39, 0.29) is 30.9 Å². The van der Waals surface area contributed by atoms with Gasteiger partial charge in [0.2, 0.25) is 5.91 Å². The van der Waals surface area contributed by atoms with E-state index in [4.69, 9.17) is 0 Å². The number of rotatable bonds is 6. The molecular formula is C22H35Cl2N3O. The van der Waals surface area contributed by atoms with Crippen LogP contribution in [0.2, 0.25) is 0 Å². The topological polar surface area (TPSA) is 35.6 Å². The second-order valence-corrected chi connectivity index (χ2v) is 8.42. The molecule has 1 atom stereocenters. The molecule has 3 aliphatic rings. The van der Waals surface area contributed by atoms with Gasteiger partial charge in [-0.1, -0.05) is 36.8 Å². The molecule has 1 unspecified atom stereocenters. The Kier molecular flexibility index (Phi) is 9.55. The van der Waals surface area contributed by atoms with Crippen LogP contribution in [0, 0.1) is 5.92 Å². The van der Waals surface area contributed by atoms with Crippen molar-refractivity contribution in [1.82, 2.24) is 15.1 Å². The van der Waals surface area contributed by atoms with Crippen LogP contribution >= 0.6 is 24.8 Å². The van der Waals surface area contributed by atoms with Gasteiger partial charge >= 0.3 is 0 Å². The first kappa shape index (κ1) is 23.5. The first-order valence-electron chi connectivity index (χ1n) is 10.6. The lowest BCUT2D eigenvalue weighted by molar-refractivity contribution is -0.139. The number of nitrogens with one attached hydrogen (secondary N) is 1. The Hall–Kier alpha value is -0.810. The molecule has 4 nitrogen and oxygen atoms in total. The Morgan fingerprint density at radius 2 is 1.64 bits per heavy atom. The van der Waals surface area contributed by atoms with Crippen LogP contribution in [-0.2, 0) is 11.3 Å². The lowest BCUT2D eigenvalue weighted by Crippen LogP contribution is -2.53. The third-order valence-corrected chi connectivity index (χ3v) is 6.33. The van der Waals surface area contributed by atoms with Crippen molar-refractivity contribution in [3.05, 3.63) is 35.9 Å². The minimum Gasteiger partial charge on any atom is -0.341 e. The highest BCUT2D eigenvalue weighted by atomic mass is 35.5. The van der Waals surface area contributed by atoms with Gasteiger partial charge < -0.3 is 10.2 Å². The number of halogens is 2. The smallest absolute Gasteiger partial charge is 0.239 e. The first-order chi connectivity index (χ1) is 12.8. The molecule has 4 rings (SSSR count). The van der Waals surface area contributed by atoms with E-state index >= 15 is 0 Å². The molecule has 1 aromatic rings. The number of piperidine rings is 2. The second-order valence-electron chi connectivity index (χ2n) is 8.42. The van der Waals surface area contributed by atoms with Crippen LogP contribution in [0.5, 0.6) is 0 Å². The standard InChI is InChI=1S/C22H33N3O.2ClH/c26-22(24-14-11-20(12-15-24)23-16-18-9-10-18)21-8-4-5-13-25(21)17-19-6-2-1-3-7-19;;/h1-3,6-7,18,20-21,23H,4-5,8-17H2;2*1H. The van der Waals surface area contributed by atoms with Crippen molar-refractivity contribution in [1.29, 1.82) is 0 Å². The third kappa shape index (κ3) is 6.35. The van der Waals surface area contributed by atoms with E-state index in [0.29, 0.717) is 11.9 Å². The van der Waals surface area contributed by atoms with Gasteiger partial charge in [0.25, 0.3) is 0 Å². The van der Waals surface area contributed by atoms with Gasteiger partial charge in [0.05, 0.1) is 6.04 Å². The van der Waals surface area contributed by atoms with Gasteiger partial charge in [-0.05, 0) is 63.1 Å². The molecule has 3 fully saturated rings. The minimum atomic E-state index is 0. The number of hydrogen-bond donors (Lipinski definition) is 1. The van der Waals surface area contributed by atoms with E-state index < -0.39 is 0 Å². The molecule has 1 aromatic carbocycles. The molecule has 1 saturated carbocycles. The second kappa shape index (κ2) is 11.4. The molecule has 1 N–H and O–H groups in total. The van der Waals surface area contributed by atoms with Gasteiger partial charge in [0, 0.05) is 25.7 Å². The van der Waals surface area contributed by atoms with Gasteiger partial charge in [-0.15, -0.1) is 24.8 Å². The number of amides is 1. The van der Waals surface area contributed by atoms with Gasteiger partial charge in [-0.25, -0.2) is 0 Å². The fraction of sp³-hybridized carbons (Fsp3) is 0.682. The highest BCUT2D eigenvalue weighted by Crippen LogP contribution is 2.28. The fourth-order valence-electron chi connectivity index (χ4n) is 4.45. The van der Waals surface area contributed by atoms with Crippen molar-refractivity contribution in [2.75, 3.05) is 26.2 Å². The summed E-state index contributed by atoms with van der Waals surface area (Å²) in [5.41, 5.74) is 1.31. The number of nitrogens with zero attached hydrogens (tertiary/aromatic N) is 2. The quantitative estimate of drug-likeness (QED) is 0.747. The third-order valence-electron chi connectivity index (χ3n) is 6.33. The summed E-state index contributed by atoms with van der Waals surface area (Å²) >= 11 is 0. The van der Waals surface area contributed by atoms with E-state index in [2.05, 4.69) is 45.4 Å². The Morgan fingerprint density at radius 1 is 0.929 bits per heavy atom. The van der Waals surface area contributed by atoms with E-state index in [1.165, 1.54) is 37.8 Å². The van der Waals surface area contributed by atoms with Crippen molar-refractivity contribution in [2.24, 2.45) is 5.92 Å². The number of hydrogen-bond acceptors (Lipinski definition) is 3. The average Bonchev–Trinajstić information content (AvgIpc) is 3.52. The molecule has 0 radical (unpaired) electrons. The zero-order valence-corrected chi connectivity index (χ0v) is 18.4. The summed E-state index contributed by atoms with van der Waals surface area (Å²) < 4.78 is 0. The highest BCUT2D eigenvalue weighted by Gasteiger charge is 2.33. The van der Waals surface area contributed by atoms with Crippen molar-refractivity contribution >= 4 is 30.7 Å². The van der Waals surface area contributed by atoms with Crippen LogP contribution < -0.4 is 5.32 Å². The van der Waals surface area contributed by atoms with E-state index in [1.54, 1.807) is 0 Å². The molecule has 28 heavy (non-hydrogen) atoms. The lowest BCUT2D eigenvalue weighted by Gasteiger charge is -2.40. The number of carbonyl (C=O) groups is 1. The van der Waals surface area contributed by atoms with E-state index in [9.17, 15) is 4.79 Å². The molecule has 0 aromatic heterocycles. The van der Waals surface area contributed by atoms with Crippen molar-refractivity contribution < 1.29 is 4.79 Å². The fourth-order valence-corrected chi connectivity index (χ4v) is 4.45. The minimum absolute atomic E-state index is 0. The van der Waals surface area contributed by atoms with E-state index in [0.717, 1.165) is 51.4 Å². The molecule has 1 amide bonds. The molecule has 2 heterocycles. The number of carbonyl (C=O) groups excluding carboxylic acids is 1. The number of likely N-dealkylation sites (tertiary alicyclic amines) is 2. The Labute approximate surface area is 182 Å². The van der Waals surface area contributed by atoms with Crippen molar-refractivity contribution in [2.45, 2.75) is 63.6 Å². The Balaban J connectivity index is 0.00000140. The molecule has 2 aliphatic heterocycles. The molecule has 2 saturated heterocycles. The van der Waals surface area contributed by atoms with Crippen LogP contribution in [0.25, 0.3) is 0 Å². The first-order valence-corrected chi connectivity index (χ1v) is 10.6. The normalized spacial score (nSPS) is 23.6. The summed E-state index contributed by atoms with van der Waals surface area (Å²) in [6.07, 6.45) is 8.46. The Morgan fingerprint density at radius 3 is 2.32 bits per heavy atom. The monoisotopic (exact) mass is 427 g/mol. The summed E-state index contributed by atoms with van der Waals surface area (Å²) in [5, 5.41) is 3.72. The van der Waals surface area contributed by atoms with Crippen LogP contribution in [0.15, 0.2) is 30.3 Å². The summed E-state index contributed by atoms with van der Waals surface area (Å²) in [4.78, 5) is 17.8. The summed E-state index contributed by atoms with van der Waals surface area (Å²) in [7, 11) is 0. The maximum atomic E-state index is 13.2. The lowest BCUT2D eigenvalue weighted by atomic mass is 9.98. The molecular weight excluding hydrogens is 393 g/mol. The molecule has 6 heteroatoms. The molecule has 0 bridgehead atoms. The van der Waals surface area contributed by atoms with Gasteiger partial charge in [0.1, 0.15) is 0 Å². The predicted molar refractivity (Wildman–Crippen MR) is 119 cm³/mol. The van der Waals surface area contributed by atoms with Crippen LogP contribution in [0.3, 0.4) is 0 Å². The van der Waals surface area contributed by atoms with Crippen LogP contribution in [0.1, 0.15) is 50.5 Å². The SMILES string of the molecule is Cl.Cl.O=C(C1CCCCN1Cc1ccccc1)N1CCC(NCC2CC2)CC1. The maximum Gasteiger partial charge on any atom is 0.239 e. The van der Waals surface area contributed by atoms with Gasteiger partial charge in [-0.3, -0.25) is 9.69 Å². The zero-order chi connectivity index (χ0) is 17.8.